The van der Waals surface area contributed by atoms with Crippen LogP contribution in [-0.4, -0.2) is 21.0 Å². The second-order valence-electron chi connectivity index (χ2n) is 10.2. The van der Waals surface area contributed by atoms with Crippen molar-refractivity contribution in [3.63, 3.8) is 0 Å². The fourth-order valence-electron chi connectivity index (χ4n) is 5.24. The average molecular weight is 519 g/mol. The third kappa shape index (κ3) is 5.41. The molecule has 196 valence electrons. The van der Waals surface area contributed by atoms with Gasteiger partial charge in [-0.05, 0) is 104 Å². The zero-order valence-corrected chi connectivity index (χ0v) is 21.9. The Morgan fingerprint density at radius 1 is 0.923 bits per heavy atom. The molecule has 0 saturated carbocycles. The lowest BCUT2D eigenvalue weighted by molar-refractivity contribution is 0.0688. The maximum absolute atomic E-state index is 11.9. The number of ether oxygens (including phenoxy) is 1. The number of para-hydroxylation sites is 1. The maximum Gasteiger partial charge on any atom is 0.354 e. The van der Waals surface area contributed by atoms with E-state index in [4.69, 9.17) is 9.15 Å². The van der Waals surface area contributed by atoms with Crippen molar-refractivity contribution in [2.75, 3.05) is 0 Å². The van der Waals surface area contributed by atoms with E-state index in [0.717, 1.165) is 76.0 Å². The van der Waals surface area contributed by atoms with E-state index >= 15 is 0 Å². The van der Waals surface area contributed by atoms with Crippen LogP contribution < -0.4 is 4.74 Å². The summed E-state index contributed by atoms with van der Waals surface area (Å²) in [6, 6.07) is 24.1. The number of rotatable bonds is 8. The summed E-state index contributed by atoms with van der Waals surface area (Å²) in [6.07, 6.45) is 5.31. The number of carboxylic acid groups (broad SMARTS) is 1. The number of hydrogen-bond acceptors (Lipinski definition) is 5. The van der Waals surface area contributed by atoms with E-state index < -0.39 is 5.97 Å². The van der Waals surface area contributed by atoms with Crippen molar-refractivity contribution < 1.29 is 19.1 Å². The molecular weight excluding hydrogens is 488 g/mol. The van der Waals surface area contributed by atoms with Gasteiger partial charge in [-0.15, -0.1) is 0 Å². The van der Waals surface area contributed by atoms with Crippen molar-refractivity contribution in [1.82, 2.24) is 9.97 Å². The van der Waals surface area contributed by atoms with Gasteiger partial charge in [0.05, 0.1) is 0 Å². The zero-order valence-electron chi connectivity index (χ0n) is 21.9. The zero-order chi connectivity index (χ0) is 26.8. The molecular formula is C33H30N2O4. The minimum atomic E-state index is -0.959. The monoisotopic (exact) mass is 518 g/mol. The average Bonchev–Trinajstić information content (AvgIpc) is 3.38. The fraction of sp³-hybridized carbons (Fsp3) is 0.242. The van der Waals surface area contributed by atoms with Gasteiger partial charge in [0.2, 0.25) is 5.89 Å². The summed E-state index contributed by atoms with van der Waals surface area (Å²) < 4.78 is 12.1. The molecule has 0 amide bonds. The number of aryl methyl sites for hydroxylation is 5. The third-order valence-corrected chi connectivity index (χ3v) is 7.36. The molecule has 0 spiro atoms. The molecule has 2 heterocycles. The maximum atomic E-state index is 11.9. The predicted octanol–water partition coefficient (Wildman–Crippen LogP) is 7.14. The first-order chi connectivity index (χ1) is 19.0. The van der Waals surface area contributed by atoms with Gasteiger partial charge in [-0.1, -0.05) is 42.5 Å². The third-order valence-electron chi connectivity index (χ3n) is 7.36. The van der Waals surface area contributed by atoms with Crippen LogP contribution in [0, 0.1) is 6.92 Å². The lowest BCUT2D eigenvalue weighted by atomic mass is 9.92. The van der Waals surface area contributed by atoms with E-state index in [9.17, 15) is 9.90 Å². The van der Waals surface area contributed by atoms with Crippen LogP contribution in [0.5, 0.6) is 5.75 Å². The predicted molar refractivity (Wildman–Crippen MR) is 150 cm³/mol. The van der Waals surface area contributed by atoms with E-state index in [1.54, 1.807) is 0 Å². The quantitative estimate of drug-likeness (QED) is 0.235. The van der Waals surface area contributed by atoms with Gasteiger partial charge in [0.15, 0.2) is 11.3 Å². The SMILES string of the molecule is Cc1ccc2oc(-c3ccc(COc4ccccc4CCc4cc5c(nc4C(=O)O)CCCC5)cc3)nc2c1. The number of nitrogens with zero attached hydrogens (tertiary/aromatic N) is 2. The van der Waals surface area contributed by atoms with E-state index in [0.29, 0.717) is 25.3 Å². The normalized spacial score (nSPS) is 12.8. The van der Waals surface area contributed by atoms with E-state index in [-0.39, 0.29) is 5.69 Å². The number of fused-ring (bicyclic) bond motifs is 2. The van der Waals surface area contributed by atoms with E-state index in [2.05, 4.69) is 16.0 Å². The molecule has 0 unspecified atom stereocenters. The Labute approximate surface area is 227 Å². The van der Waals surface area contributed by atoms with Gasteiger partial charge >= 0.3 is 5.97 Å². The Morgan fingerprint density at radius 2 is 1.72 bits per heavy atom. The first-order valence-corrected chi connectivity index (χ1v) is 13.5. The molecule has 0 aliphatic heterocycles. The first-order valence-electron chi connectivity index (χ1n) is 13.5. The Balaban J connectivity index is 1.14. The summed E-state index contributed by atoms with van der Waals surface area (Å²) in [5.74, 6) is 0.448. The Morgan fingerprint density at radius 3 is 2.56 bits per heavy atom. The number of pyridine rings is 1. The van der Waals surface area contributed by atoms with Crippen molar-refractivity contribution in [3.8, 4) is 17.2 Å². The van der Waals surface area contributed by atoms with E-state index in [1.807, 2.05) is 73.7 Å². The standard InChI is InChI=1S/C33H30N2O4/c1-21-10-17-30-28(18-21)35-32(39-30)24-13-11-22(12-14-24)20-38-29-9-5-3-6-23(29)15-16-26-19-25-7-2-4-8-27(25)34-31(26)33(36)37/h3,5-6,9-14,17-19H,2,4,7-8,15-16,20H2,1H3,(H,36,37). The number of aromatic carboxylic acids is 1. The number of oxazole rings is 1. The number of carboxylic acids is 1. The second-order valence-corrected chi connectivity index (χ2v) is 10.2. The summed E-state index contributed by atoms with van der Waals surface area (Å²) in [5.41, 5.74) is 8.91. The molecule has 3 aromatic carbocycles. The highest BCUT2D eigenvalue weighted by atomic mass is 16.5. The topological polar surface area (TPSA) is 85.5 Å². The summed E-state index contributed by atoms with van der Waals surface area (Å²) >= 11 is 0. The van der Waals surface area contributed by atoms with Crippen LogP contribution in [0.4, 0.5) is 0 Å². The van der Waals surface area contributed by atoms with Crippen LogP contribution in [0.25, 0.3) is 22.6 Å². The highest BCUT2D eigenvalue weighted by Gasteiger charge is 2.19. The van der Waals surface area contributed by atoms with Crippen LogP contribution in [-0.2, 0) is 32.3 Å². The largest absolute Gasteiger partial charge is 0.489 e. The highest BCUT2D eigenvalue weighted by molar-refractivity contribution is 5.87. The summed E-state index contributed by atoms with van der Waals surface area (Å²) in [6.45, 7) is 2.46. The van der Waals surface area contributed by atoms with Crippen molar-refractivity contribution in [3.05, 3.63) is 112 Å². The van der Waals surface area contributed by atoms with Crippen molar-refractivity contribution in [2.45, 2.75) is 52.1 Å². The molecule has 2 aromatic heterocycles. The molecule has 1 aliphatic rings. The summed E-state index contributed by atoms with van der Waals surface area (Å²) in [4.78, 5) is 21.1. The molecule has 5 aromatic rings. The van der Waals surface area contributed by atoms with Gasteiger partial charge in [0, 0.05) is 11.3 Å². The first kappa shape index (κ1) is 24.9. The second kappa shape index (κ2) is 10.7. The lowest BCUT2D eigenvalue weighted by Crippen LogP contribution is -2.14. The molecule has 39 heavy (non-hydrogen) atoms. The number of benzene rings is 3. The van der Waals surface area contributed by atoms with Gasteiger partial charge in [0.25, 0.3) is 0 Å². The minimum Gasteiger partial charge on any atom is -0.489 e. The van der Waals surface area contributed by atoms with Gasteiger partial charge in [-0.25, -0.2) is 14.8 Å². The van der Waals surface area contributed by atoms with Gasteiger partial charge < -0.3 is 14.3 Å². The van der Waals surface area contributed by atoms with Crippen LogP contribution in [0.1, 0.15) is 56.8 Å². The van der Waals surface area contributed by atoms with E-state index in [1.165, 1.54) is 5.56 Å². The molecule has 0 fully saturated rings. The Bertz CT molecular complexity index is 1650. The minimum absolute atomic E-state index is 0.184. The number of hydrogen-bond donors (Lipinski definition) is 1. The molecule has 0 atom stereocenters. The van der Waals surface area contributed by atoms with Crippen LogP contribution in [0.2, 0.25) is 0 Å². The molecule has 6 rings (SSSR count). The summed E-state index contributed by atoms with van der Waals surface area (Å²) in [7, 11) is 0. The molecule has 6 nitrogen and oxygen atoms in total. The number of aromatic nitrogens is 2. The summed E-state index contributed by atoms with van der Waals surface area (Å²) in [5, 5.41) is 9.77. The van der Waals surface area contributed by atoms with Crippen molar-refractivity contribution >= 4 is 17.1 Å². The highest BCUT2D eigenvalue weighted by Crippen LogP contribution is 2.27. The van der Waals surface area contributed by atoms with Gasteiger partial charge in [0.1, 0.15) is 17.9 Å². The van der Waals surface area contributed by atoms with Crippen LogP contribution in [0.3, 0.4) is 0 Å². The smallest absolute Gasteiger partial charge is 0.354 e. The van der Waals surface area contributed by atoms with Gasteiger partial charge in [-0.3, -0.25) is 0 Å². The lowest BCUT2D eigenvalue weighted by Gasteiger charge is -2.18. The van der Waals surface area contributed by atoms with Crippen molar-refractivity contribution in [1.29, 1.82) is 0 Å². The fourth-order valence-corrected chi connectivity index (χ4v) is 5.24. The van der Waals surface area contributed by atoms with Crippen molar-refractivity contribution in [2.24, 2.45) is 0 Å². The molecule has 1 aliphatic carbocycles. The number of carbonyl (C=O) groups is 1. The Kier molecular flexibility index (Phi) is 6.84. The van der Waals surface area contributed by atoms with Crippen LogP contribution >= 0.6 is 0 Å². The molecule has 1 N–H and O–H groups in total. The molecule has 0 saturated heterocycles. The molecule has 6 heteroatoms. The van der Waals surface area contributed by atoms with Crippen LogP contribution in [0.15, 0.2) is 77.2 Å². The van der Waals surface area contributed by atoms with Gasteiger partial charge in [-0.2, -0.15) is 0 Å². The molecule has 0 bridgehead atoms. The molecule has 0 radical (unpaired) electrons. The Hall–Kier alpha value is -4.45.